The van der Waals surface area contributed by atoms with E-state index in [4.69, 9.17) is 4.74 Å². The first-order chi connectivity index (χ1) is 15.4. The number of anilines is 1. The van der Waals surface area contributed by atoms with Gasteiger partial charge in [-0.15, -0.1) is 0 Å². The van der Waals surface area contributed by atoms with E-state index in [-0.39, 0.29) is 22.5 Å². The van der Waals surface area contributed by atoms with Crippen LogP contribution in [0.4, 0.5) is 10.1 Å². The minimum Gasteiger partial charge on any atom is -0.477 e. The third kappa shape index (κ3) is 3.49. The Bertz CT molecular complexity index is 1250. The van der Waals surface area contributed by atoms with Crippen molar-refractivity contribution in [3.63, 3.8) is 0 Å². The third-order valence-electron chi connectivity index (χ3n) is 6.61. The summed E-state index contributed by atoms with van der Waals surface area (Å²) >= 11 is 0. The van der Waals surface area contributed by atoms with Crippen LogP contribution < -0.4 is 15.1 Å². The molecular weight excluding hydrogens is 413 g/mol. The Labute approximate surface area is 184 Å². The van der Waals surface area contributed by atoms with Crippen molar-refractivity contribution in [3.05, 3.63) is 64.3 Å². The number of carboxylic acids is 1. The lowest BCUT2D eigenvalue weighted by atomic mass is 10.1. The maximum Gasteiger partial charge on any atom is 0.341 e. The molecule has 1 N–H and O–H groups in total. The van der Waals surface area contributed by atoms with Gasteiger partial charge in [0.25, 0.3) is 0 Å². The first-order valence-electron chi connectivity index (χ1n) is 10.8. The minimum atomic E-state index is -1.30. The van der Waals surface area contributed by atoms with E-state index in [1.807, 2.05) is 28.5 Å². The molecule has 1 aliphatic carbocycles. The van der Waals surface area contributed by atoms with E-state index in [1.165, 1.54) is 12.3 Å². The molecule has 8 heteroatoms. The zero-order chi connectivity index (χ0) is 22.5. The molecule has 2 aliphatic rings. The highest BCUT2D eigenvalue weighted by Gasteiger charge is 2.40. The molecule has 166 valence electrons. The number of hydrogen-bond donors (Lipinski definition) is 1. The second kappa shape index (κ2) is 7.62. The topological polar surface area (TPSA) is 84.7 Å². The highest BCUT2D eigenvalue weighted by atomic mass is 19.1. The summed E-state index contributed by atoms with van der Waals surface area (Å²) in [4.78, 5) is 30.6. The molecule has 0 amide bonds. The highest BCUT2D eigenvalue weighted by molar-refractivity contribution is 5.93. The number of benzene rings is 1. The standard InChI is InChI=1S/C24H24FN3O4/c1-24(7-8-24)28-13-17(23(30)31)22(29)16-11-18(25)20(12-19(16)28)27-10-4-5-15(27)14-32-21-6-2-3-9-26-21/h2-3,6,9,11-13,15H,4-5,7-8,10,14H2,1H3,(H,30,31)/t15-/m1/s1. The lowest BCUT2D eigenvalue weighted by Gasteiger charge is -2.28. The summed E-state index contributed by atoms with van der Waals surface area (Å²) in [7, 11) is 0. The lowest BCUT2D eigenvalue weighted by Crippen LogP contribution is -2.35. The first kappa shape index (κ1) is 20.5. The van der Waals surface area contributed by atoms with Crippen LogP contribution in [0.15, 0.2) is 47.5 Å². The Morgan fingerprint density at radius 2 is 2.16 bits per heavy atom. The summed E-state index contributed by atoms with van der Waals surface area (Å²) in [6.07, 6.45) is 6.58. The fourth-order valence-electron chi connectivity index (χ4n) is 4.52. The second-order valence-electron chi connectivity index (χ2n) is 8.83. The molecule has 3 aromatic rings. The van der Waals surface area contributed by atoms with Crippen molar-refractivity contribution in [3.8, 4) is 5.88 Å². The number of aromatic nitrogens is 2. The number of ether oxygens (including phenoxy) is 1. The van der Waals surface area contributed by atoms with Gasteiger partial charge in [-0.05, 0) is 50.8 Å². The van der Waals surface area contributed by atoms with E-state index in [0.29, 0.717) is 30.2 Å². The molecule has 2 fully saturated rings. The van der Waals surface area contributed by atoms with Crippen LogP contribution in [0.3, 0.4) is 0 Å². The number of rotatable bonds is 6. The van der Waals surface area contributed by atoms with Gasteiger partial charge in [0, 0.05) is 35.9 Å². The number of carboxylic acid groups (broad SMARTS) is 1. The van der Waals surface area contributed by atoms with Gasteiger partial charge in [-0.2, -0.15) is 0 Å². The number of carbonyl (C=O) groups is 1. The highest BCUT2D eigenvalue weighted by Crippen LogP contribution is 2.45. The van der Waals surface area contributed by atoms with Gasteiger partial charge in [-0.3, -0.25) is 4.79 Å². The fourth-order valence-corrected chi connectivity index (χ4v) is 4.52. The van der Waals surface area contributed by atoms with Gasteiger partial charge in [0.1, 0.15) is 18.0 Å². The SMILES string of the molecule is CC1(n2cc(C(=O)O)c(=O)c3cc(F)c(N4CCC[C@@H]4COc4ccccn4)cc32)CC1. The predicted molar refractivity (Wildman–Crippen MR) is 118 cm³/mol. The maximum atomic E-state index is 15.3. The molecule has 2 aromatic heterocycles. The maximum absolute atomic E-state index is 15.3. The number of aromatic carboxylic acids is 1. The summed E-state index contributed by atoms with van der Waals surface area (Å²) < 4.78 is 22.9. The van der Waals surface area contributed by atoms with Crippen molar-refractivity contribution >= 4 is 22.6 Å². The molecule has 0 bridgehead atoms. The van der Waals surface area contributed by atoms with E-state index < -0.39 is 17.2 Å². The number of halogens is 1. The van der Waals surface area contributed by atoms with E-state index in [9.17, 15) is 14.7 Å². The molecule has 0 radical (unpaired) electrons. The van der Waals surface area contributed by atoms with Gasteiger partial charge in [0.2, 0.25) is 11.3 Å². The number of nitrogens with zero attached hydrogens (tertiary/aromatic N) is 3. The van der Waals surface area contributed by atoms with Crippen LogP contribution >= 0.6 is 0 Å². The molecule has 0 unspecified atom stereocenters. The van der Waals surface area contributed by atoms with Crippen LogP contribution in [-0.2, 0) is 5.54 Å². The van der Waals surface area contributed by atoms with Crippen molar-refractivity contribution in [2.24, 2.45) is 0 Å². The average molecular weight is 437 g/mol. The second-order valence-corrected chi connectivity index (χ2v) is 8.83. The normalized spacial score (nSPS) is 19.3. The number of pyridine rings is 2. The molecule has 5 rings (SSSR count). The van der Waals surface area contributed by atoms with E-state index in [0.717, 1.165) is 25.7 Å². The molecule has 32 heavy (non-hydrogen) atoms. The summed E-state index contributed by atoms with van der Waals surface area (Å²) in [6.45, 7) is 3.06. The molecule has 1 saturated carbocycles. The zero-order valence-electron chi connectivity index (χ0n) is 17.8. The quantitative estimate of drug-likeness (QED) is 0.632. The Balaban J connectivity index is 1.55. The predicted octanol–water partition coefficient (Wildman–Crippen LogP) is 3.79. The Morgan fingerprint density at radius 3 is 2.84 bits per heavy atom. The third-order valence-corrected chi connectivity index (χ3v) is 6.61. The van der Waals surface area contributed by atoms with Crippen molar-refractivity contribution in [1.82, 2.24) is 9.55 Å². The molecule has 1 aromatic carbocycles. The van der Waals surface area contributed by atoms with Crippen LogP contribution in [0.1, 0.15) is 43.0 Å². The van der Waals surface area contributed by atoms with Gasteiger partial charge in [0.05, 0.1) is 17.2 Å². The fraction of sp³-hybridized carbons (Fsp3) is 0.375. The first-order valence-corrected chi connectivity index (χ1v) is 10.8. The molecule has 1 aliphatic heterocycles. The summed E-state index contributed by atoms with van der Waals surface area (Å²) in [5, 5.41) is 9.58. The van der Waals surface area contributed by atoms with Crippen LogP contribution in [0.5, 0.6) is 5.88 Å². The Hall–Kier alpha value is -3.42. The Morgan fingerprint density at radius 1 is 1.34 bits per heavy atom. The van der Waals surface area contributed by atoms with Crippen molar-refractivity contribution in [2.45, 2.75) is 44.2 Å². The number of hydrogen-bond acceptors (Lipinski definition) is 5. The summed E-state index contributed by atoms with van der Waals surface area (Å²) in [5.74, 6) is -1.31. The number of fused-ring (bicyclic) bond motifs is 1. The molecular formula is C24H24FN3O4. The van der Waals surface area contributed by atoms with Gasteiger partial charge in [-0.25, -0.2) is 14.2 Å². The average Bonchev–Trinajstić information content (AvgIpc) is 3.35. The van der Waals surface area contributed by atoms with Gasteiger partial charge < -0.3 is 19.3 Å². The minimum absolute atomic E-state index is 0.0288. The largest absolute Gasteiger partial charge is 0.477 e. The van der Waals surface area contributed by atoms with Gasteiger partial charge >= 0.3 is 5.97 Å². The molecule has 0 spiro atoms. The smallest absolute Gasteiger partial charge is 0.341 e. The van der Waals surface area contributed by atoms with Gasteiger partial charge in [-0.1, -0.05) is 6.07 Å². The summed E-state index contributed by atoms with van der Waals surface area (Å²) in [5.41, 5.74) is -0.286. The lowest BCUT2D eigenvalue weighted by molar-refractivity contribution is 0.0694. The van der Waals surface area contributed by atoms with Crippen LogP contribution in [-0.4, -0.2) is 39.8 Å². The zero-order valence-corrected chi connectivity index (χ0v) is 17.8. The Kier molecular flexibility index (Phi) is 4.87. The molecule has 3 heterocycles. The van der Waals surface area contributed by atoms with Crippen molar-refractivity contribution in [2.75, 3.05) is 18.1 Å². The van der Waals surface area contributed by atoms with E-state index >= 15 is 4.39 Å². The van der Waals surface area contributed by atoms with Crippen molar-refractivity contribution in [1.29, 1.82) is 0 Å². The molecule has 1 saturated heterocycles. The monoisotopic (exact) mass is 437 g/mol. The summed E-state index contributed by atoms with van der Waals surface area (Å²) in [6, 6.07) is 8.30. The molecule has 7 nitrogen and oxygen atoms in total. The van der Waals surface area contributed by atoms with E-state index in [1.54, 1.807) is 18.3 Å². The van der Waals surface area contributed by atoms with Crippen LogP contribution in [0.25, 0.3) is 10.9 Å². The molecule has 1 atom stereocenters. The van der Waals surface area contributed by atoms with Crippen LogP contribution in [0, 0.1) is 5.82 Å². The van der Waals surface area contributed by atoms with Crippen LogP contribution in [0.2, 0.25) is 0 Å². The van der Waals surface area contributed by atoms with Crippen molar-refractivity contribution < 1.29 is 19.0 Å². The van der Waals surface area contributed by atoms with Gasteiger partial charge in [0.15, 0.2) is 0 Å². The van der Waals surface area contributed by atoms with E-state index in [2.05, 4.69) is 4.98 Å².